The third kappa shape index (κ3) is 7.31. The third-order valence-electron chi connectivity index (χ3n) is 5.18. The minimum absolute atomic E-state index is 0.0244. The molecular weight excluding hydrogens is 574 g/mol. The molecule has 0 fully saturated rings. The molecule has 0 saturated heterocycles. The molecule has 1 atom stereocenters. The van der Waals surface area contributed by atoms with Crippen molar-refractivity contribution < 1.29 is 22.8 Å². The van der Waals surface area contributed by atoms with Gasteiger partial charge in [0.1, 0.15) is 0 Å². The SMILES string of the molecule is CC(C)[C@@H](NC(=O)c1ccc(Cl)cc1Cl)c1nnc(SCC(=O)Nc2cc(C(F)(F)F)ccc2Cl)n1C. The maximum Gasteiger partial charge on any atom is 0.416 e. The molecule has 0 spiro atoms. The molecule has 14 heteroatoms. The Bertz CT molecular complexity index is 1320. The standard InChI is InChI=1S/C23H21Cl3F3N5O2S/c1-11(2)19(31-21(36)14-6-5-13(24)9-16(14)26)20-32-33-22(34(20)3)37-10-18(35)30-17-8-12(23(27,28)29)4-7-15(17)25/h4-9,11,19H,10H2,1-3H3,(H,30,35)(H,31,36)/t19-/m1/s1. The van der Waals surface area contributed by atoms with Gasteiger partial charge in [-0.2, -0.15) is 13.2 Å². The number of halogens is 6. The highest BCUT2D eigenvalue weighted by atomic mass is 35.5. The maximum atomic E-state index is 13.0. The van der Waals surface area contributed by atoms with E-state index in [2.05, 4.69) is 20.8 Å². The first kappa shape index (κ1) is 29.1. The number of carbonyl (C=O) groups is 2. The van der Waals surface area contributed by atoms with Crippen LogP contribution in [0.2, 0.25) is 15.1 Å². The molecule has 2 N–H and O–H groups in total. The molecule has 1 heterocycles. The molecular formula is C23H21Cl3F3N5O2S. The van der Waals surface area contributed by atoms with Gasteiger partial charge in [-0.05, 0) is 42.3 Å². The number of hydrogen-bond acceptors (Lipinski definition) is 5. The zero-order chi connectivity index (χ0) is 27.5. The van der Waals surface area contributed by atoms with Crippen LogP contribution in [-0.2, 0) is 18.0 Å². The van der Waals surface area contributed by atoms with Crippen molar-refractivity contribution >= 4 is 64.1 Å². The van der Waals surface area contributed by atoms with Gasteiger partial charge in [0, 0.05) is 12.1 Å². The number of benzene rings is 2. The fraction of sp³-hybridized carbons (Fsp3) is 0.304. The number of hydrogen-bond donors (Lipinski definition) is 2. The Morgan fingerprint density at radius 1 is 1.05 bits per heavy atom. The molecule has 7 nitrogen and oxygen atoms in total. The Balaban J connectivity index is 1.70. The van der Waals surface area contributed by atoms with Crippen molar-refractivity contribution in [2.45, 2.75) is 31.2 Å². The van der Waals surface area contributed by atoms with Crippen LogP contribution in [0.3, 0.4) is 0 Å². The Hall–Kier alpha value is -2.47. The number of nitrogens with zero attached hydrogens (tertiary/aromatic N) is 3. The summed E-state index contributed by atoms with van der Waals surface area (Å²) in [5.74, 6) is -0.811. The molecule has 0 aliphatic carbocycles. The van der Waals surface area contributed by atoms with Crippen molar-refractivity contribution in [3.05, 3.63) is 68.4 Å². The number of alkyl halides is 3. The molecule has 1 aromatic heterocycles. The van der Waals surface area contributed by atoms with Crippen LogP contribution in [0.1, 0.15) is 41.6 Å². The number of nitrogens with one attached hydrogen (secondary N) is 2. The minimum Gasteiger partial charge on any atom is -0.342 e. The van der Waals surface area contributed by atoms with Crippen LogP contribution in [0.4, 0.5) is 18.9 Å². The van der Waals surface area contributed by atoms with Crippen LogP contribution in [0.25, 0.3) is 0 Å². The normalized spacial score (nSPS) is 12.5. The molecule has 0 radical (unpaired) electrons. The van der Waals surface area contributed by atoms with Gasteiger partial charge in [0.25, 0.3) is 5.91 Å². The van der Waals surface area contributed by atoms with Gasteiger partial charge in [0.2, 0.25) is 5.91 Å². The van der Waals surface area contributed by atoms with E-state index in [1.807, 2.05) is 13.8 Å². The van der Waals surface area contributed by atoms with Crippen molar-refractivity contribution in [1.82, 2.24) is 20.1 Å². The Morgan fingerprint density at radius 2 is 1.76 bits per heavy atom. The smallest absolute Gasteiger partial charge is 0.342 e. The van der Waals surface area contributed by atoms with Crippen LogP contribution in [-0.4, -0.2) is 32.3 Å². The van der Waals surface area contributed by atoms with Gasteiger partial charge in [-0.3, -0.25) is 9.59 Å². The summed E-state index contributed by atoms with van der Waals surface area (Å²) in [7, 11) is 1.68. The number of amides is 2. The quantitative estimate of drug-likeness (QED) is 0.285. The van der Waals surface area contributed by atoms with E-state index in [1.165, 1.54) is 12.1 Å². The first-order valence-corrected chi connectivity index (χ1v) is 12.8. The van der Waals surface area contributed by atoms with E-state index in [9.17, 15) is 22.8 Å². The van der Waals surface area contributed by atoms with Gasteiger partial charge in [-0.25, -0.2) is 0 Å². The van der Waals surface area contributed by atoms with Gasteiger partial charge < -0.3 is 15.2 Å². The lowest BCUT2D eigenvalue weighted by Gasteiger charge is -2.22. The lowest BCUT2D eigenvalue weighted by atomic mass is 10.0. The number of carbonyl (C=O) groups excluding carboxylic acids is 2. The largest absolute Gasteiger partial charge is 0.416 e. The van der Waals surface area contributed by atoms with Crippen molar-refractivity contribution in [3.8, 4) is 0 Å². The molecule has 3 rings (SSSR count). The molecule has 37 heavy (non-hydrogen) atoms. The third-order valence-corrected chi connectivity index (χ3v) is 7.07. The van der Waals surface area contributed by atoms with Gasteiger partial charge >= 0.3 is 6.18 Å². The maximum absolute atomic E-state index is 13.0. The highest BCUT2D eigenvalue weighted by molar-refractivity contribution is 7.99. The zero-order valence-corrected chi connectivity index (χ0v) is 22.7. The second-order valence-corrected chi connectivity index (χ2v) is 10.4. The summed E-state index contributed by atoms with van der Waals surface area (Å²) in [6, 6.07) is 6.68. The minimum atomic E-state index is -4.57. The molecule has 0 unspecified atom stereocenters. The summed E-state index contributed by atoms with van der Waals surface area (Å²) in [4.78, 5) is 25.3. The topological polar surface area (TPSA) is 88.9 Å². The zero-order valence-electron chi connectivity index (χ0n) is 19.7. The van der Waals surface area contributed by atoms with Crippen LogP contribution in [0.15, 0.2) is 41.6 Å². The summed E-state index contributed by atoms with van der Waals surface area (Å²) >= 11 is 19.0. The van der Waals surface area contributed by atoms with E-state index in [0.717, 1.165) is 30.0 Å². The molecule has 198 valence electrons. The summed E-state index contributed by atoms with van der Waals surface area (Å²) in [6.45, 7) is 3.78. The van der Waals surface area contributed by atoms with Gasteiger partial charge in [-0.15, -0.1) is 10.2 Å². The van der Waals surface area contributed by atoms with Gasteiger partial charge in [-0.1, -0.05) is 60.4 Å². The average molecular weight is 595 g/mol. The summed E-state index contributed by atoms with van der Waals surface area (Å²) < 4.78 is 40.5. The van der Waals surface area contributed by atoms with Crippen molar-refractivity contribution in [1.29, 1.82) is 0 Å². The monoisotopic (exact) mass is 593 g/mol. The molecule has 0 saturated carbocycles. The average Bonchev–Trinajstić information content (AvgIpc) is 3.16. The van der Waals surface area contributed by atoms with E-state index in [0.29, 0.717) is 16.0 Å². The fourth-order valence-corrected chi connectivity index (χ4v) is 4.64. The highest BCUT2D eigenvalue weighted by Gasteiger charge is 2.31. The predicted molar refractivity (Wildman–Crippen MR) is 138 cm³/mol. The Morgan fingerprint density at radius 3 is 2.38 bits per heavy atom. The van der Waals surface area contributed by atoms with E-state index >= 15 is 0 Å². The summed E-state index contributed by atoms with van der Waals surface area (Å²) in [5.41, 5.74) is -0.831. The second-order valence-electron chi connectivity index (χ2n) is 8.25. The first-order valence-electron chi connectivity index (χ1n) is 10.7. The Labute approximate surface area is 230 Å². The molecule has 2 amide bonds. The van der Waals surface area contributed by atoms with Crippen LogP contribution < -0.4 is 10.6 Å². The number of thioether (sulfide) groups is 1. The van der Waals surface area contributed by atoms with Crippen molar-refractivity contribution in [3.63, 3.8) is 0 Å². The second kappa shape index (κ2) is 11.9. The molecule has 0 bridgehead atoms. The van der Waals surface area contributed by atoms with Crippen molar-refractivity contribution in [2.24, 2.45) is 13.0 Å². The van der Waals surface area contributed by atoms with Crippen LogP contribution >= 0.6 is 46.6 Å². The number of aromatic nitrogens is 3. The van der Waals surface area contributed by atoms with Gasteiger partial charge in [0.15, 0.2) is 11.0 Å². The molecule has 2 aromatic carbocycles. The molecule has 0 aliphatic rings. The highest BCUT2D eigenvalue weighted by Crippen LogP contribution is 2.34. The molecule has 3 aromatic rings. The summed E-state index contributed by atoms with van der Waals surface area (Å²) in [6.07, 6.45) is -4.57. The van der Waals surface area contributed by atoms with Crippen molar-refractivity contribution in [2.75, 3.05) is 11.1 Å². The van der Waals surface area contributed by atoms with Gasteiger partial charge in [0.05, 0.1) is 38.7 Å². The van der Waals surface area contributed by atoms with Crippen LogP contribution in [0.5, 0.6) is 0 Å². The fourth-order valence-electron chi connectivity index (χ4n) is 3.26. The van der Waals surface area contributed by atoms with E-state index < -0.39 is 29.6 Å². The predicted octanol–water partition coefficient (Wildman–Crippen LogP) is 6.65. The Kier molecular flexibility index (Phi) is 9.38. The first-order chi connectivity index (χ1) is 17.3. The number of anilines is 1. The van der Waals surface area contributed by atoms with Crippen LogP contribution in [0, 0.1) is 5.92 Å². The number of rotatable bonds is 8. The molecule has 0 aliphatic heterocycles. The lowest BCUT2D eigenvalue weighted by Crippen LogP contribution is -2.33. The lowest BCUT2D eigenvalue weighted by molar-refractivity contribution is -0.137. The summed E-state index contributed by atoms with van der Waals surface area (Å²) in [5, 5.41) is 14.5. The van der Waals surface area contributed by atoms with E-state index in [1.54, 1.807) is 17.7 Å². The van der Waals surface area contributed by atoms with E-state index in [-0.39, 0.29) is 33.0 Å². The van der Waals surface area contributed by atoms with E-state index in [4.69, 9.17) is 34.8 Å².